The first-order valence-corrected chi connectivity index (χ1v) is 8.36. The van der Waals surface area contributed by atoms with Crippen molar-refractivity contribution in [2.45, 2.75) is 4.90 Å². The molecule has 0 aliphatic rings. The molecule has 0 aliphatic heterocycles. The molecule has 0 fully saturated rings. The number of sulfonamides is 1. The summed E-state index contributed by atoms with van der Waals surface area (Å²) < 4.78 is 24.9. The maximum atomic E-state index is 12.1. The van der Waals surface area contributed by atoms with E-state index in [1.807, 2.05) is 0 Å². The molecular weight excluding hydrogens is 340 g/mol. The number of hydrogen-bond acceptors (Lipinski definition) is 4. The van der Waals surface area contributed by atoms with Gasteiger partial charge < -0.3 is 5.32 Å². The molecule has 23 heavy (non-hydrogen) atoms. The first-order valence-electron chi connectivity index (χ1n) is 6.54. The number of rotatable bonds is 5. The molecule has 0 spiro atoms. The van der Waals surface area contributed by atoms with E-state index in [1.54, 1.807) is 24.3 Å². The van der Waals surface area contributed by atoms with Crippen LogP contribution in [0, 0.1) is 0 Å². The van der Waals surface area contributed by atoms with E-state index < -0.39 is 10.0 Å². The summed E-state index contributed by atoms with van der Waals surface area (Å²) in [5.74, 6) is -0.336. The Bertz CT molecular complexity index is 806. The van der Waals surface area contributed by atoms with Crippen molar-refractivity contribution in [2.24, 2.45) is 0 Å². The average Bonchev–Trinajstić information content (AvgIpc) is 2.54. The molecular formula is C15H15ClN2O4S. The van der Waals surface area contributed by atoms with Crippen LogP contribution in [0.4, 0.5) is 5.69 Å². The standard InChI is InChI=1S/C15H15ClN2O4S/c1-18(22-2)23(20,21)14-8-6-13(7-9-14)17-15(19)11-4-3-5-12(16)10-11/h3-10H,1-2H3,(H,17,19). The number of nitrogens with one attached hydrogen (secondary N) is 1. The number of carbonyl (C=O) groups excluding carboxylic acids is 1. The van der Waals surface area contributed by atoms with Crippen LogP contribution in [0.15, 0.2) is 53.4 Å². The molecule has 8 heteroatoms. The summed E-state index contributed by atoms with van der Waals surface area (Å²) in [6.07, 6.45) is 0. The van der Waals surface area contributed by atoms with E-state index >= 15 is 0 Å². The molecule has 0 saturated carbocycles. The summed E-state index contributed by atoms with van der Waals surface area (Å²) in [4.78, 5) is 16.8. The second-order valence-corrected chi connectivity index (χ2v) is 6.96. The van der Waals surface area contributed by atoms with Crippen LogP contribution in [0.5, 0.6) is 0 Å². The Morgan fingerprint density at radius 1 is 1.17 bits per heavy atom. The molecule has 6 nitrogen and oxygen atoms in total. The third-order valence-corrected chi connectivity index (χ3v) is 5.02. The van der Waals surface area contributed by atoms with Gasteiger partial charge in [-0.3, -0.25) is 9.63 Å². The minimum atomic E-state index is -3.71. The maximum Gasteiger partial charge on any atom is 0.264 e. The van der Waals surface area contributed by atoms with Crippen molar-refractivity contribution in [1.82, 2.24) is 4.47 Å². The summed E-state index contributed by atoms with van der Waals surface area (Å²) in [5, 5.41) is 3.13. The lowest BCUT2D eigenvalue weighted by molar-refractivity contribution is -0.0258. The van der Waals surface area contributed by atoms with Crippen LogP contribution in [0.25, 0.3) is 0 Å². The fourth-order valence-corrected chi connectivity index (χ4v) is 2.95. The number of hydrogen-bond donors (Lipinski definition) is 1. The lowest BCUT2D eigenvalue weighted by Crippen LogP contribution is -2.25. The monoisotopic (exact) mass is 354 g/mol. The number of anilines is 1. The fourth-order valence-electron chi connectivity index (χ4n) is 1.79. The molecule has 0 atom stereocenters. The van der Waals surface area contributed by atoms with E-state index in [1.165, 1.54) is 38.4 Å². The lowest BCUT2D eigenvalue weighted by Gasteiger charge is -2.14. The van der Waals surface area contributed by atoms with Gasteiger partial charge in [0.25, 0.3) is 15.9 Å². The highest BCUT2D eigenvalue weighted by molar-refractivity contribution is 7.89. The van der Waals surface area contributed by atoms with Crippen molar-refractivity contribution in [3.63, 3.8) is 0 Å². The second kappa shape index (κ2) is 7.10. The van der Waals surface area contributed by atoms with Gasteiger partial charge in [-0.15, -0.1) is 0 Å². The van der Waals surface area contributed by atoms with Gasteiger partial charge in [0.15, 0.2) is 0 Å². The van der Waals surface area contributed by atoms with Crippen molar-refractivity contribution < 1.29 is 18.0 Å². The summed E-state index contributed by atoms with van der Waals surface area (Å²) in [6.45, 7) is 0. The Hall–Kier alpha value is -1.93. The highest BCUT2D eigenvalue weighted by Gasteiger charge is 2.20. The van der Waals surface area contributed by atoms with Crippen molar-refractivity contribution in [2.75, 3.05) is 19.5 Å². The molecule has 0 saturated heterocycles. The minimum Gasteiger partial charge on any atom is -0.322 e. The Morgan fingerprint density at radius 2 is 1.83 bits per heavy atom. The number of amides is 1. The van der Waals surface area contributed by atoms with E-state index in [-0.39, 0.29) is 10.8 Å². The Morgan fingerprint density at radius 3 is 2.39 bits per heavy atom. The third kappa shape index (κ3) is 4.08. The van der Waals surface area contributed by atoms with Gasteiger partial charge >= 0.3 is 0 Å². The molecule has 0 aliphatic carbocycles. The molecule has 2 aromatic carbocycles. The minimum absolute atomic E-state index is 0.0580. The average molecular weight is 355 g/mol. The lowest BCUT2D eigenvalue weighted by atomic mass is 10.2. The molecule has 0 aromatic heterocycles. The van der Waals surface area contributed by atoms with Crippen LogP contribution in [0.3, 0.4) is 0 Å². The van der Waals surface area contributed by atoms with Crippen LogP contribution in [-0.2, 0) is 14.9 Å². The number of halogens is 1. The van der Waals surface area contributed by atoms with Gasteiger partial charge in [-0.1, -0.05) is 22.1 Å². The maximum absolute atomic E-state index is 12.1. The van der Waals surface area contributed by atoms with Gasteiger partial charge in [0.05, 0.1) is 12.0 Å². The molecule has 0 heterocycles. The quantitative estimate of drug-likeness (QED) is 0.838. The molecule has 122 valence electrons. The normalized spacial score (nSPS) is 11.5. The molecule has 0 unspecified atom stereocenters. The zero-order valence-corrected chi connectivity index (χ0v) is 14.1. The summed E-state index contributed by atoms with van der Waals surface area (Å²) in [5.41, 5.74) is 0.877. The van der Waals surface area contributed by atoms with Gasteiger partial charge in [-0.05, 0) is 42.5 Å². The van der Waals surface area contributed by atoms with Crippen LogP contribution in [0.1, 0.15) is 10.4 Å². The van der Waals surface area contributed by atoms with Crippen molar-refractivity contribution in [3.05, 3.63) is 59.1 Å². The Labute approximate surface area is 139 Å². The highest BCUT2D eigenvalue weighted by Crippen LogP contribution is 2.18. The molecule has 0 radical (unpaired) electrons. The van der Waals surface area contributed by atoms with Gasteiger partial charge in [0.1, 0.15) is 0 Å². The van der Waals surface area contributed by atoms with Crippen molar-refractivity contribution in [3.8, 4) is 0 Å². The molecule has 2 aromatic rings. The smallest absolute Gasteiger partial charge is 0.264 e. The van der Waals surface area contributed by atoms with Crippen LogP contribution in [-0.4, -0.2) is 33.0 Å². The van der Waals surface area contributed by atoms with E-state index in [2.05, 4.69) is 5.32 Å². The topological polar surface area (TPSA) is 75.7 Å². The number of benzene rings is 2. The first kappa shape index (κ1) is 17.4. The van der Waals surface area contributed by atoms with Gasteiger partial charge in [-0.25, -0.2) is 8.42 Å². The first-order chi connectivity index (χ1) is 10.8. The second-order valence-electron chi connectivity index (χ2n) is 4.59. The van der Waals surface area contributed by atoms with Gasteiger partial charge in [-0.2, -0.15) is 0 Å². The predicted molar refractivity (Wildman–Crippen MR) is 87.8 cm³/mol. The summed E-state index contributed by atoms with van der Waals surface area (Å²) in [6, 6.07) is 12.3. The van der Waals surface area contributed by atoms with Crippen molar-refractivity contribution in [1.29, 1.82) is 0 Å². The largest absolute Gasteiger partial charge is 0.322 e. The van der Waals surface area contributed by atoms with E-state index in [0.717, 1.165) is 4.47 Å². The van der Waals surface area contributed by atoms with Crippen LogP contribution < -0.4 is 5.32 Å². The summed E-state index contributed by atoms with van der Waals surface area (Å²) in [7, 11) is -1.15. The summed E-state index contributed by atoms with van der Waals surface area (Å²) >= 11 is 5.84. The Balaban J connectivity index is 2.16. The fraction of sp³-hybridized carbons (Fsp3) is 0.133. The van der Waals surface area contributed by atoms with E-state index in [4.69, 9.17) is 16.4 Å². The van der Waals surface area contributed by atoms with Gasteiger partial charge in [0.2, 0.25) is 0 Å². The zero-order valence-electron chi connectivity index (χ0n) is 12.5. The third-order valence-electron chi connectivity index (χ3n) is 3.09. The van der Waals surface area contributed by atoms with Gasteiger partial charge in [0, 0.05) is 23.3 Å². The highest BCUT2D eigenvalue weighted by atomic mass is 35.5. The molecule has 1 amide bonds. The molecule has 2 rings (SSSR count). The number of nitrogens with zero attached hydrogens (tertiary/aromatic N) is 1. The number of hydroxylamine groups is 1. The van der Waals surface area contributed by atoms with E-state index in [9.17, 15) is 13.2 Å². The van der Waals surface area contributed by atoms with Crippen LogP contribution in [0.2, 0.25) is 5.02 Å². The molecule has 0 bridgehead atoms. The SMILES string of the molecule is CON(C)S(=O)(=O)c1ccc(NC(=O)c2cccc(Cl)c2)cc1. The van der Waals surface area contributed by atoms with Crippen molar-refractivity contribution >= 4 is 33.2 Å². The van der Waals surface area contributed by atoms with E-state index in [0.29, 0.717) is 16.3 Å². The zero-order chi connectivity index (χ0) is 17.0. The number of carbonyl (C=O) groups is 1. The predicted octanol–water partition coefficient (Wildman–Crippen LogP) is 2.77. The Kier molecular flexibility index (Phi) is 5.38. The van der Waals surface area contributed by atoms with Crippen LogP contribution >= 0.6 is 11.6 Å². The molecule has 1 N–H and O–H groups in total.